The van der Waals surface area contributed by atoms with E-state index in [9.17, 15) is 19.2 Å². The highest BCUT2D eigenvalue weighted by Gasteiger charge is 2.16. The highest BCUT2D eigenvalue weighted by atomic mass is 32.1. The zero-order valence-corrected chi connectivity index (χ0v) is 20.8. The summed E-state index contributed by atoms with van der Waals surface area (Å²) < 4.78 is 3.46. The highest BCUT2D eigenvalue weighted by Crippen LogP contribution is 2.33. The first kappa shape index (κ1) is 24.5. The first-order valence-electron chi connectivity index (χ1n) is 11.3. The van der Waals surface area contributed by atoms with Crippen LogP contribution in [-0.2, 0) is 9.59 Å². The molecule has 0 fully saturated rings. The van der Waals surface area contributed by atoms with E-state index in [1.165, 1.54) is 22.7 Å². The fourth-order valence-electron chi connectivity index (χ4n) is 3.93. The van der Waals surface area contributed by atoms with Gasteiger partial charge in [-0.05, 0) is 41.1 Å². The predicted molar refractivity (Wildman–Crippen MR) is 140 cm³/mol. The normalized spacial score (nSPS) is 11.2. The topological polar surface area (TPSA) is 139 Å². The minimum atomic E-state index is -1.00. The number of carboxylic acid groups (broad SMARTS) is 2. The summed E-state index contributed by atoms with van der Waals surface area (Å²) in [7, 11) is 0. The van der Waals surface area contributed by atoms with Crippen LogP contribution in [0.5, 0.6) is 0 Å². The number of aliphatic carboxylic acids is 2. The maximum Gasteiger partial charge on any atom is 0.303 e. The molecule has 3 heterocycles. The lowest BCUT2D eigenvalue weighted by Gasteiger charge is -2.07. The Labute approximate surface area is 217 Å². The van der Waals surface area contributed by atoms with Crippen LogP contribution in [-0.4, -0.2) is 48.7 Å². The number of carbonyl (C=O) groups excluding carboxylic acids is 2. The van der Waals surface area contributed by atoms with E-state index in [-0.39, 0.29) is 37.2 Å². The Balaban J connectivity index is 1.43. The van der Waals surface area contributed by atoms with Crippen molar-refractivity contribution in [3.63, 3.8) is 0 Å². The third-order valence-electron chi connectivity index (χ3n) is 5.79. The van der Waals surface area contributed by atoms with Gasteiger partial charge in [0.15, 0.2) is 11.6 Å². The number of carboxylic acids is 2. The first-order valence-corrected chi connectivity index (χ1v) is 12.9. The Hall–Kier alpha value is -4.22. The number of benzene rings is 2. The van der Waals surface area contributed by atoms with E-state index in [0.29, 0.717) is 9.75 Å². The summed E-state index contributed by atoms with van der Waals surface area (Å²) in [5, 5.41) is 27.8. The fourth-order valence-corrected chi connectivity index (χ4v) is 6.06. The van der Waals surface area contributed by atoms with E-state index >= 15 is 0 Å². The quantitative estimate of drug-likeness (QED) is 0.226. The molecule has 37 heavy (non-hydrogen) atoms. The third kappa shape index (κ3) is 5.18. The molecular formula is C26H19N3O6S2. The molecule has 0 aliphatic carbocycles. The third-order valence-corrected chi connectivity index (χ3v) is 8.07. The minimum Gasteiger partial charge on any atom is -0.481 e. The number of Topliss-reactive ketones (excluding diaryl/α,β-unsaturated/α-hetero) is 2. The molecule has 2 aromatic carbocycles. The van der Waals surface area contributed by atoms with Gasteiger partial charge in [-0.2, -0.15) is 0 Å². The Morgan fingerprint density at radius 3 is 1.89 bits per heavy atom. The molecule has 11 heteroatoms. The average Bonchev–Trinajstić information content (AvgIpc) is 3.62. The number of thiophene rings is 2. The summed E-state index contributed by atoms with van der Waals surface area (Å²) >= 11 is 2.64. The van der Waals surface area contributed by atoms with Crippen LogP contribution in [0.25, 0.3) is 37.1 Å². The van der Waals surface area contributed by atoms with Crippen molar-refractivity contribution in [2.24, 2.45) is 0 Å². The molecule has 0 radical (unpaired) electrons. The Morgan fingerprint density at radius 1 is 0.730 bits per heavy atom. The van der Waals surface area contributed by atoms with Gasteiger partial charge in [0.25, 0.3) is 0 Å². The second-order valence-corrected chi connectivity index (χ2v) is 10.5. The molecule has 9 nitrogen and oxygen atoms in total. The van der Waals surface area contributed by atoms with Crippen LogP contribution in [0.1, 0.15) is 45.0 Å². The Kier molecular flexibility index (Phi) is 6.64. The summed E-state index contributed by atoms with van der Waals surface area (Å²) in [5.41, 5.74) is 2.34. The van der Waals surface area contributed by atoms with E-state index in [2.05, 4.69) is 10.3 Å². The summed E-state index contributed by atoms with van der Waals surface area (Å²) in [6.07, 6.45) is 1.17. The van der Waals surface area contributed by atoms with Crippen molar-refractivity contribution in [1.29, 1.82) is 0 Å². The standard InChI is InChI=1S/C26H19N3O6S2/c30-19(5-7-25(32)33)23-10-15-2-1-14(9-21(15)36-23)18-13-27-28-29(18)17-4-3-16-11-24(37-22(16)12-17)20(31)6-8-26(34)35/h1-4,9-13H,5-8H2,(H,32,33)(H,34,35). The van der Waals surface area contributed by atoms with E-state index in [1.54, 1.807) is 23.0 Å². The van der Waals surface area contributed by atoms with Gasteiger partial charge in [-0.15, -0.1) is 27.8 Å². The molecule has 5 aromatic rings. The molecule has 5 rings (SSSR count). The van der Waals surface area contributed by atoms with Crippen molar-refractivity contribution in [3.05, 3.63) is 64.5 Å². The number of hydrogen-bond donors (Lipinski definition) is 2. The Bertz CT molecular complexity index is 1570. The molecule has 186 valence electrons. The van der Waals surface area contributed by atoms with Crippen LogP contribution in [0.15, 0.2) is 54.7 Å². The van der Waals surface area contributed by atoms with E-state index in [1.807, 2.05) is 36.4 Å². The van der Waals surface area contributed by atoms with E-state index < -0.39 is 11.9 Å². The van der Waals surface area contributed by atoms with Gasteiger partial charge in [0, 0.05) is 27.8 Å². The molecule has 0 aliphatic rings. The van der Waals surface area contributed by atoms with Gasteiger partial charge in [0.2, 0.25) is 0 Å². The predicted octanol–water partition coefficient (Wildman–Crippen LogP) is 5.46. The van der Waals surface area contributed by atoms with E-state index in [0.717, 1.165) is 37.1 Å². The summed E-state index contributed by atoms with van der Waals surface area (Å²) in [5.74, 6) is -2.39. The smallest absolute Gasteiger partial charge is 0.303 e. The van der Waals surface area contributed by atoms with Crippen molar-refractivity contribution in [3.8, 4) is 16.9 Å². The van der Waals surface area contributed by atoms with Crippen molar-refractivity contribution in [2.75, 3.05) is 0 Å². The number of aromatic nitrogens is 3. The van der Waals surface area contributed by atoms with Gasteiger partial charge >= 0.3 is 11.9 Å². The largest absolute Gasteiger partial charge is 0.481 e. The summed E-state index contributed by atoms with van der Waals surface area (Å²) in [6, 6.07) is 15.0. The van der Waals surface area contributed by atoms with Crippen LogP contribution in [0.3, 0.4) is 0 Å². The SMILES string of the molecule is O=C(O)CCC(=O)c1cc2ccc(-c3cnnn3-c3ccc4cc(C(=O)CCC(=O)O)sc4c3)cc2s1. The first-order chi connectivity index (χ1) is 17.8. The molecule has 3 aromatic heterocycles. The molecule has 0 atom stereocenters. The molecule has 0 unspecified atom stereocenters. The van der Waals surface area contributed by atoms with Gasteiger partial charge in [-0.1, -0.05) is 23.4 Å². The van der Waals surface area contributed by atoms with Crippen molar-refractivity contribution < 1.29 is 29.4 Å². The molecular weight excluding hydrogens is 514 g/mol. The summed E-state index contributed by atoms with van der Waals surface area (Å²) in [6.45, 7) is 0. The van der Waals surface area contributed by atoms with Gasteiger partial charge in [0.1, 0.15) is 0 Å². The molecule has 0 spiro atoms. The number of hydrogen-bond acceptors (Lipinski definition) is 8. The van der Waals surface area contributed by atoms with Crippen molar-refractivity contribution in [1.82, 2.24) is 15.0 Å². The fraction of sp³-hybridized carbons (Fsp3) is 0.154. The van der Waals surface area contributed by atoms with Crippen LogP contribution in [0.4, 0.5) is 0 Å². The van der Waals surface area contributed by atoms with E-state index in [4.69, 9.17) is 10.2 Å². The zero-order valence-electron chi connectivity index (χ0n) is 19.2. The molecule has 0 saturated heterocycles. The van der Waals surface area contributed by atoms with Crippen molar-refractivity contribution in [2.45, 2.75) is 25.7 Å². The van der Waals surface area contributed by atoms with Crippen molar-refractivity contribution >= 4 is 66.4 Å². The summed E-state index contributed by atoms with van der Waals surface area (Å²) in [4.78, 5) is 47.3. The van der Waals surface area contributed by atoms with Gasteiger partial charge in [-0.25, -0.2) is 4.68 Å². The van der Waals surface area contributed by atoms with Crippen LogP contribution < -0.4 is 0 Å². The van der Waals surface area contributed by atoms with Gasteiger partial charge < -0.3 is 10.2 Å². The lowest BCUT2D eigenvalue weighted by molar-refractivity contribution is -0.137. The second-order valence-electron chi connectivity index (χ2n) is 8.36. The van der Waals surface area contributed by atoms with Gasteiger partial charge in [-0.3, -0.25) is 19.2 Å². The Morgan fingerprint density at radius 2 is 1.30 bits per heavy atom. The number of nitrogens with zero attached hydrogens (tertiary/aromatic N) is 3. The highest BCUT2D eigenvalue weighted by molar-refractivity contribution is 7.21. The lowest BCUT2D eigenvalue weighted by Crippen LogP contribution is -2.01. The second kappa shape index (κ2) is 10.0. The maximum atomic E-state index is 12.4. The minimum absolute atomic E-state index is 0.0379. The monoisotopic (exact) mass is 533 g/mol. The van der Waals surface area contributed by atoms with Gasteiger partial charge in [0.05, 0.1) is 40.2 Å². The molecule has 0 bridgehead atoms. The lowest BCUT2D eigenvalue weighted by atomic mass is 10.1. The number of fused-ring (bicyclic) bond motifs is 2. The van der Waals surface area contributed by atoms with Crippen LogP contribution in [0.2, 0.25) is 0 Å². The zero-order chi connectivity index (χ0) is 26.1. The number of rotatable bonds is 10. The number of ketones is 2. The number of carbonyl (C=O) groups is 4. The van der Waals surface area contributed by atoms with Crippen LogP contribution >= 0.6 is 22.7 Å². The molecule has 0 aliphatic heterocycles. The molecule has 0 saturated carbocycles. The average molecular weight is 534 g/mol. The molecule has 0 amide bonds. The maximum absolute atomic E-state index is 12.4. The van der Waals surface area contributed by atoms with Crippen LogP contribution in [0, 0.1) is 0 Å². The molecule has 2 N–H and O–H groups in total.